The van der Waals surface area contributed by atoms with E-state index in [1.54, 1.807) is 0 Å². The van der Waals surface area contributed by atoms with E-state index in [1.807, 2.05) is 49.4 Å². The van der Waals surface area contributed by atoms with Crippen LogP contribution >= 0.6 is 0 Å². The number of anilines is 1. The number of para-hydroxylation sites is 1. The van der Waals surface area contributed by atoms with E-state index in [0.29, 0.717) is 17.6 Å². The Kier molecular flexibility index (Phi) is 4.67. The Morgan fingerprint density at radius 3 is 2.93 bits per heavy atom. The van der Waals surface area contributed by atoms with E-state index in [-0.39, 0.29) is 18.5 Å². The average molecular weight is 363 g/mol. The van der Waals surface area contributed by atoms with Crippen molar-refractivity contribution in [1.82, 2.24) is 0 Å². The molecular formula is C22H21NO4. The Hall–Kier alpha value is -3.08. The summed E-state index contributed by atoms with van der Waals surface area (Å²) in [6, 6.07) is 15.2. The number of carbonyl (C=O) groups excluding carboxylic acids is 1. The van der Waals surface area contributed by atoms with Crippen molar-refractivity contribution in [3.8, 4) is 0 Å². The first-order valence-corrected chi connectivity index (χ1v) is 9.18. The van der Waals surface area contributed by atoms with Gasteiger partial charge in [0.15, 0.2) is 0 Å². The van der Waals surface area contributed by atoms with Crippen LogP contribution in [0.3, 0.4) is 0 Å². The molecule has 0 saturated heterocycles. The van der Waals surface area contributed by atoms with E-state index in [0.717, 1.165) is 35.2 Å². The molecule has 0 aliphatic carbocycles. The van der Waals surface area contributed by atoms with Gasteiger partial charge in [0, 0.05) is 35.2 Å². The molecule has 138 valence electrons. The highest BCUT2D eigenvalue weighted by molar-refractivity contribution is 5.81. The molecule has 4 rings (SSSR count). The molecular weight excluding hydrogens is 342 g/mol. The van der Waals surface area contributed by atoms with Crippen molar-refractivity contribution in [2.24, 2.45) is 0 Å². The topological polar surface area (TPSA) is 68.5 Å². The van der Waals surface area contributed by atoms with Crippen molar-refractivity contribution in [1.29, 1.82) is 0 Å². The van der Waals surface area contributed by atoms with Crippen LogP contribution in [0.2, 0.25) is 0 Å². The van der Waals surface area contributed by atoms with Gasteiger partial charge in [-0.3, -0.25) is 4.79 Å². The molecule has 3 aromatic rings. The van der Waals surface area contributed by atoms with Crippen LogP contribution in [0.1, 0.15) is 36.0 Å². The van der Waals surface area contributed by atoms with Gasteiger partial charge < -0.3 is 14.5 Å². The fourth-order valence-electron chi connectivity index (χ4n) is 3.57. The number of aryl methyl sites for hydroxylation is 1. The summed E-state index contributed by atoms with van der Waals surface area (Å²) in [6.07, 6.45) is 1.17. The first kappa shape index (κ1) is 17.3. The van der Waals surface area contributed by atoms with Crippen LogP contribution in [0.5, 0.6) is 0 Å². The minimum atomic E-state index is -0.435. The van der Waals surface area contributed by atoms with Crippen molar-refractivity contribution in [3.05, 3.63) is 75.6 Å². The zero-order chi connectivity index (χ0) is 18.8. The Bertz CT molecular complexity index is 1050. The standard InChI is InChI=1S/C22H21NO4/c1-2-14-7-8-18-16(11-22(25)27-20(18)9-14)13-26-21(24)10-15-12-23-19-6-4-3-5-17(15)19/h3-9,11,15,23H,2,10,12-13H2,1H3/t15-/m0/s1. The van der Waals surface area contributed by atoms with Gasteiger partial charge in [-0.05, 0) is 29.7 Å². The smallest absolute Gasteiger partial charge is 0.336 e. The summed E-state index contributed by atoms with van der Waals surface area (Å²) in [5.41, 5.74) is 4.08. The molecule has 1 N–H and O–H groups in total. The molecule has 5 heteroatoms. The van der Waals surface area contributed by atoms with Gasteiger partial charge >= 0.3 is 11.6 Å². The molecule has 2 aromatic carbocycles. The lowest BCUT2D eigenvalue weighted by atomic mass is 9.98. The second kappa shape index (κ2) is 7.27. The third kappa shape index (κ3) is 3.58. The largest absolute Gasteiger partial charge is 0.461 e. The van der Waals surface area contributed by atoms with Crippen molar-refractivity contribution >= 4 is 22.6 Å². The Morgan fingerprint density at radius 2 is 2.07 bits per heavy atom. The molecule has 5 nitrogen and oxygen atoms in total. The number of ether oxygens (including phenoxy) is 1. The van der Waals surface area contributed by atoms with Gasteiger partial charge in [0.1, 0.15) is 12.2 Å². The van der Waals surface area contributed by atoms with E-state index in [9.17, 15) is 9.59 Å². The van der Waals surface area contributed by atoms with Gasteiger partial charge in [0.05, 0.1) is 6.42 Å². The summed E-state index contributed by atoms with van der Waals surface area (Å²) in [5, 5.41) is 4.11. The molecule has 1 aliphatic heterocycles. The summed E-state index contributed by atoms with van der Waals surface area (Å²) in [4.78, 5) is 24.2. The molecule has 0 spiro atoms. The lowest BCUT2D eigenvalue weighted by molar-refractivity contribution is -0.145. The van der Waals surface area contributed by atoms with Gasteiger partial charge in [-0.1, -0.05) is 37.3 Å². The summed E-state index contributed by atoms with van der Waals surface area (Å²) in [7, 11) is 0. The minimum absolute atomic E-state index is 0.0637. The van der Waals surface area contributed by atoms with Crippen LogP contribution < -0.4 is 10.9 Å². The van der Waals surface area contributed by atoms with Gasteiger partial charge in [0.2, 0.25) is 0 Å². The quantitative estimate of drug-likeness (QED) is 0.548. The number of benzene rings is 2. The van der Waals surface area contributed by atoms with Crippen molar-refractivity contribution in [3.63, 3.8) is 0 Å². The van der Waals surface area contributed by atoms with Crippen LogP contribution in [0.4, 0.5) is 5.69 Å². The predicted molar refractivity (Wildman–Crippen MR) is 104 cm³/mol. The van der Waals surface area contributed by atoms with Gasteiger partial charge in [-0.25, -0.2) is 4.79 Å². The van der Waals surface area contributed by atoms with Gasteiger partial charge in [-0.2, -0.15) is 0 Å². The number of hydrogen-bond acceptors (Lipinski definition) is 5. The van der Waals surface area contributed by atoms with Crippen LogP contribution in [-0.2, 0) is 22.6 Å². The van der Waals surface area contributed by atoms with E-state index in [4.69, 9.17) is 9.15 Å². The number of carbonyl (C=O) groups is 1. The number of fused-ring (bicyclic) bond motifs is 2. The van der Waals surface area contributed by atoms with E-state index in [2.05, 4.69) is 5.32 Å². The highest BCUT2D eigenvalue weighted by Crippen LogP contribution is 2.33. The molecule has 1 atom stereocenters. The highest BCUT2D eigenvalue weighted by atomic mass is 16.5. The first-order chi connectivity index (χ1) is 13.1. The van der Waals surface area contributed by atoms with Gasteiger partial charge in [0.25, 0.3) is 0 Å². The lowest BCUT2D eigenvalue weighted by Gasteiger charge is -2.11. The number of rotatable bonds is 5. The molecule has 0 bridgehead atoms. The maximum absolute atomic E-state index is 12.4. The SMILES string of the molecule is CCc1ccc2c(COC(=O)C[C@H]3CNc4ccccc43)cc(=O)oc2c1. The van der Waals surface area contributed by atoms with Crippen LogP contribution in [0, 0.1) is 0 Å². The molecule has 0 fully saturated rings. The fraction of sp³-hybridized carbons (Fsp3) is 0.273. The molecule has 1 aliphatic rings. The van der Waals surface area contributed by atoms with Crippen LogP contribution in [0.25, 0.3) is 11.0 Å². The molecule has 0 amide bonds. The van der Waals surface area contributed by atoms with Crippen molar-refractivity contribution < 1.29 is 13.9 Å². The average Bonchev–Trinajstić information content (AvgIpc) is 3.08. The zero-order valence-corrected chi connectivity index (χ0v) is 15.2. The monoisotopic (exact) mass is 363 g/mol. The summed E-state index contributed by atoms with van der Waals surface area (Å²) in [6.45, 7) is 2.83. The third-order valence-corrected chi connectivity index (χ3v) is 5.04. The van der Waals surface area contributed by atoms with Crippen LogP contribution in [-0.4, -0.2) is 12.5 Å². The Balaban J connectivity index is 1.47. The maximum atomic E-state index is 12.4. The van der Waals surface area contributed by atoms with E-state index >= 15 is 0 Å². The molecule has 0 unspecified atom stereocenters. The van der Waals surface area contributed by atoms with Crippen LogP contribution in [0.15, 0.2) is 57.7 Å². The summed E-state index contributed by atoms with van der Waals surface area (Å²) < 4.78 is 10.8. The summed E-state index contributed by atoms with van der Waals surface area (Å²) >= 11 is 0. The summed E-state index contributed by atoms with van der Waals surface area (Å²) in [5.74, 6) is -0.163. The van der Waals surface area contributed by atoms with Crippen molar-refractivity contribution in [2.45, 2.75) is 32.3 Å². The molecule has 27 heavy (non-hydrogen) atoms. The van der Waals surface area contributed by atoms with Gasteiger partial charge in [-0.15, -0.1) is 0 Å². The molecule has 0 radical (unpaired) electrons. The Labute approximate surface area is 157 Å². The lowest BCUT2D eigenvalue weighted by Crippen LogP contribution is -2.13. The fourth-order valence-corrected chi connectivity index (χ4v) is 3.57. The van der Waals surface area contributed by atoms with E-state index < -0.39 is 5.63 Å². The minimum Gasteiger partial charge on any atom is -0.461 e. The Morgan fingerprint density at radius 1 is 1.22 bits per heavy atom. The molecule has 0 saturated carbocycles. The normalized spacial score (nSPS) is 15.4. The van der Waals surface area contributed by atoms with Crippen molar-refractivity contribution in [2.75, 3.05) is 11.9 Å². The maximum Gasteiger partial charge on any atom is 0.336 e. The zero-order valence-electron chi connectivity index (χ0n) is 15.2. The predicted octanol–water partition coefficient (Wildman–Crippen LogP) is 4.00. The second-order valence-electron chi connectivity index (χ2n) is 6.80. The number of hydrogen-bond donors (Lipinski definition) is 1. The number of esters is 1. The molecule has 2 heterocycles. The second-order valence-corrected chi connectivity index (χ2v) is 6.80. The number of nitrogens with one attached hydrogen (secondary N) is 1. The van der Waals surface area contributed by atoms with E-state index in [1.165, 1.54) is 6.07 Å². The first-order valence-electron chi connectivity index (χ1n) is 9.18. The third-order valence-electron chi connectivity index (χ3n) is 5.04. The highest BCUT2D eigenvalue weighted by Gasteiger charge is 2.24. The molecule has 1 aromatic heterocycles.